The van der Waals surface area contributed by atoms with Crippen LogP contribution in [-0.4, -0.2) is 21.7 Å². The van der Waals surface area contributed by atoms with Crippen LogP contribution in [0.3, 0.4) is 0 Å². The second kappa shape index (κ2) is 6.23. The van der Waals surface area contributed by atoms with Gasteiger partial charge in [-0.05, 0) is 36.6 Å². The average molecular weight is 321 g/mol. The van der Waals surface area contributed by atoms with Crippen molar-refractivity contribution in [3.63, 3.8) is 0 Å². The predicted octanol–water partition coefficient (Wildman–Crippen LogP) is 3.84. The molecule has 1 aliphatic rings. The van der Waals surface area contributed by atoms with Crippen LogP contribution in [0.1, 0.15) is 12.0 Å². The van der Waals surface area contributed by atoms with Gasteiger partial charge >= 0.3 is 0 Å². The van der Waals surface area contributed by atoms with Gasteiger partial charge in [0.15, 0.2) is 5.82 Å². The summed E-state index contributed by atoms with van der Waals surface area (Å²) in [5.74, 6) is 0.631. The molecule has 2 heterocycles. The summed E-state index contributed by atoms with van der Waals surface area (Å²) in [6.07, 6.45) is 3.75. The first-order chi connectivity index (χ1) is 11.8. The van der Waals surface area contributed by atoms with Gasteiger partial charge in [0, 0.05) is 12.2 Å². The zero-order valence-electron chi connectivity index (χ0n) is 13.0. The predicted molar refractivity (Wildman–Crippen MR) is 91.3 cm³/mol. The van der Waals surface area contributed by atoms with Gasteiger partial charge in [-0.2, -0.15) is 10.1 Å². The molecule has 0 spiro atoms. The fraction of sp³-hybridized carbons (Fsp3) is 0.167. The molecular formula is C18H16FN5. The monoisotopic (exact) mass is 321 g/mol. The Kier molecular flexibility index (Phi) is 3.78. The lowest BCUT2D eigenvalue weighted by molar-refractivity contribution is 0.631. The van der Waals surface area contributed by atoms with Crippen molar-refractivity contribution in [2.24, 2.45) is 0 Å². The van der Waals surface area contributed by atoms with Crippen LogP contribution < -0.4 is 10.2 Å². The lowest BCUT2D eigenvalue weighted by atomic mass is 10.0. The van der Waals surface area contributed by atoms with Gasteiger partial charge in [-0.25, -0.2) is 4.39 Å². The quantitative estimate of drug-likeness (QED) is 0.794. The number of nitrogens with one attached hydrogen (secondary N) is 1. The van der Waals surface area contributed by atoms with Crippen molar-refractivity contribution in [3.8, 4) is 0 Å². The molecule has 2 aromatic carbocycles. The number of aryl methyl sites for hydroxylation is 1. The lowest BCUT2D eigenvalue weighted by Gasteiger charge is -2.30. The molecule has 0 unspecified atom stereocenters. The Hall–Kier alpha value is -3.02. The first-order valence-corrected chi connectivity index (χ1v) is 7.88. The summed E-state index contributed by atoms with van der Waals surface area (Å²) in [5, 5.41) is 10.9. The molecule has 1 N–H and O–H groups in total. The van der Waals surface area contributed by atoms with E-state index in [9.17, 15) is 4.39 Å². The number of anilines is 4. The minimum atomic E-state index is -0.352. The molecule has 5 nitrogen and oxygen atoms in total. The van der Waals surface area contributed by atoms with Crippen LogP contribution in [0.2, 0.25) is 0 Å². The Morgan fingerprint density at radius 3 is 2.79 bits per heavy atom. The zero-order valence-corrected chi connectivity index (χ0v) is 13.0. The van der Waals surface area contributed by atoms with Gasteiger partial charge in [0.25, 0.3) is 0 Å². The molecule has 0 atom stereocenters. The van der Waals surface area contributed by atoms with Crippen LogP contribution in [0.25, 0.3) is 0 Å². The SMILES string of the molecule is Fc1ccccc1Nc1nncc(N2CCCc3ccccc32)n1. The van der Waals surface area contributed by atoms with Crippen molar-refractivity contribution in [2.75, 3.05) is 16.8 Å². The Morgan fingerprint density at radius 2 is 1.88 bits per heavy atom. The van der Waals surface area contributed by atoms with Gasteiger partial charge < -0.3 is 10.2 Å². The van der Waals surface area contributed by atoms with E-state index < -0.39 is 0 Å². The van der Waals surface area contributed by atoms with Crippen LogP contribution in [0.4, 0.5) is 27.5 Å². The Morgan fingerprint density at radius 1 is 1.04 bits per heavy atom. The van der Waals surface area contributed by atoms with Crippen molar-refractivity contribution in [3.05, 3.63) is 66.1 Å². The molecule has 24 heavy (non-hydrogen) atoms. The maximum absolute atomic E-state index is 13.8. The van der Waals surface area contributed by atoms with E-state index in [2.05, 4.69) is 37.5 Å². The normalized spacial score (nSPS) is 13.5. The van der Waals surface area contributed by atoms with Gasteiger partial charge in [-0.1, -0.05) is 30.3 Å². The van der Waals surface area contributed by atoms with Gasteiger partial charge in [-0.3, -0.25) is 0 Å². The highest BCUT2D eigenvalue weighted by Crippen LogP contribution is 2.32. The molecule has 0 saturated carbocycles. The van der Waals surface area contributed by atoms with Crippen molar-refractivity contribution < 1.29 is 4.39 Å². The zero-order chi connectivity index (χ0) is 16.4. The molecule has 1 aliphatic heterocycles. The fourth-order valence-electron chi connectivity index (χ4n) is 2.93. The maximum atomic E-state index is 13.8. The van der Waals surface area contributed by atoms with Gasteiger partial charge in [-0.15, -0.1) is 5.10 Å². The largest absolute Gasteiger partial charge is 0.325 e. The Labute approximate surface area is 139 Å². The van der Waals surface area contributed by atoms with Crippen LogP contribution in [-0.2, 0) is 6.42 Å². The molecule has 4 rings (SSSR count). The molecule has 120 valence electrons. The summed E-state index contributed by atoms with van der Waals surface area (Å²) in [6.45, 7) is 0.870. The fourth-order valence-corrected chi connectivity index (χ4v) is 2.93. The first kappa shape index (κ1) is 14.6. The summed E-state index contributed by atoms with van der Waals surface area (Å²) in [7, 11) is 0. The topological polar surface area (TPSA) is 53.9 Å². The third kappa shape index (κ3) is 2.78. The van der Waals surface area contributed by atoms with E-state index in [4.69, 9.17) is 0 Å². The number of halogens is 1. The van der Waals surface area contributed by atoms with E-state index in [1.54, 1.807) is 24.4 Å². The number of fused-ring (bicyclic) bond motifs is 1. The van der Waals surface area contributed by atoms with E-state index >= 15 is 0 Å². The molecule has 0 radical (unpaired) electrons. The van der Waals surface area contributed by atoms with Crippen LogP contribution >= 0.6 is 0 Å². The number of nitrogens with zero attached hydrogens (tertiary/aromatic N) is 4. The highest BCUT2D eigenvalue weighted by atomic mass is 19.1. The summed E-state index contributed by atoms with van der Waals surface area (Å²) >= 11 is 0. The van der Waals surface area contributed by atoms with Crippen molar-refractivity contribution in [1.29, 1.82) is 0 Å². The third-order valence-corrected chi connectivity index (χ3v) is 4.05. The smallest absolute Gasteiger partial charge is 0.249 e. The summed E-state index contributed by atoms with van der Waals surface area (Å²) in [4.78, 5) is 6.63. The third-order valence-electron chi connectivity index (χ3n) is 4.05. The van der Waals surface area contributed by atoms with E-state index in [0.717, 1.165) is 25.1 Å². The van der Waals surface area contributed by atoms with Gasteiger partial charge in [0.1, 0.15) is 5.82 Å². The van der Waals surface area contributed by atoms with Crippen LogP contribution in [0.15, 0.2) is 54.7 Å². The highest BCUT2D eigenvalue weighted by Gasteiger charge is 2.19. The number of para-hydroxylation sites is 2. The van der Waals surface area contributed by atoms with Crippen LogP contribution in [0, 0.1) is 5.82 Å². The lowest BCUT2D eigenvalue weighted by Crippen LogP contribution is -2.25. The van der Waals surface area contributed by atoms with Crippen molar-refractivity contribution in [2.45, 2.75) is 12.8 Å². The van der Waals surface area contributed by atoms with Gasteiger partial charge in [0.2, 0.25) is 5.95 Å². The molecule has 0 amide bonds. The second-order valence-electron chi connectivity index (χ2n) is 5.63. The molecule has 0 saturated heterocycles. The van der Waals surface area contributed by atoms with Gasteiger partial charge in [0.05, 0.1) is 11.9 Å². The van der Waals surface area contributed by atoms with E-state index in [0.29, 0.717) is 11.5 Å². The number of hydrogen-bond acceptors (Lipinski definition) is 5. The maximum Gasteiger partial charge on any atom is 0.249 e. The minimum Gasteiger partial charge on any atom is -0.325 e. The molecular weight excluding hydrogens is 305 g/mol. The number of hydrogen-bond donors (Lipinski definition) is 1. The van der Waals surface area contributed by atoms with Crippen LogP contribution in [0.5, 0.6) is 0 Å². The first-order valence-electron chi connectivity index (χ1n) is 7.88. The Balaban J connectivity index is 1.65. The Bertz CT molecular complexity index is 867. The molecule has 0 aliphatic carbocycles. The van der Waals surface area contributed by atoms with Crippen molar-refractivity contribution in [1.82, 2.24) is 15.2 Å². The molecule has 6 heteroatoms. The molecule has 1 aromatic heterocycles. The molecule has 0 bridgehead atoms. The summed E-state index contributed by atoms with van der Waals surface area (Å²) in [5.41, 5.74) is 2.77. The van der Waals surface area contributed by atoms with E-state index in [1.165, 1.54) is 11.6 Å². The number of aromatic nitrogens is 3. The summed E-state index contributed by atoms with van der Waals surface area (Å²) in [6, 6.07) is 14.7. The number of rotatable bonds is 3. The standard InChI is InChI=1S/C18H16FN5/c19-14-8-2-3-9-15(14)21-18-22-17(12-20-23-18)24-11-5-7-13-6-1-4-10-16(13)24/h1-4,6,8-10,12H,5,7,11H2,(H,21,22,23). The van der Waals surface area contributed by atoms with E-state index in [1.807, 2.05) is 12.1 Å². The minimum absolute atomic E-state index is 0.278. The van der Waals surface area contributed by atoms with Crippen molar-refractivity contribution >= 4 is 23.1 Å². The highest BCUT2D eigenvalue weighted by molar-refractivity contribution is 5.66. The summed E-state index contributed by atoms with van der Waals surface area (Å²) < 4.78 is 13.8. The molecule has 0 fully saturated rings. The average Bonchev–Trinajstić information content (AvgIpc) is 2.63. The number of benzene rings is 2. The second-order valence-corrected chi connectivity index (χ2v) is 5.63. The molecule has 3 aromatic rings. The van der Waals surface area contributed by atoms with E-state index in [-0.39, 0.29) is 11.8 Å².